The van der Waals surface area contributed by atoms with E-state index < -0.39 is 10.0 Å². The average molecular weight is 304 g/mol. The predicted molar refractivity (Wildman–Crippen MR) is 75.9 cm³/mol. The Bertz CT molecular complexity index is 507. The first-order valence-corrected chi connectivity index (χ1v) is 8.66. The van der Waals surface area contributed by atoms with E-state index in [1.165, 1.54) is 15.6 Å². The molecule has 2 heterocycles. The third kappa shape index (κ3) is 3.55. The molecule has 1 unspecified atom stereocenters. The zero-order valence-electron chi connectivity index (χ0n) is 11.3. The fourth-order valence-electron chi connectivity index (χ4n) is 2.11. The number of thiophene rings is 1. The Morgan fingerprint density at radius 1 is 1.58 bits per heavy atom. The van der Waals surface area contributed by atoms with Gasteiger partial charge in [-0.15, -0.1) is 11.3 Å². The molecule has 0 saturated carbocycles. The van der Waals surface area contributed by atoms with Gasteiger partial charge < -0.3 is 10.1 Å². The van der Waals surface area contributed by atoms with E-state index in [1.54, 1.807) is 13.1 Å². The molecule has 0 radical (unpaired) electrons. The van der Waals surface area contributed by atoms with Crippen LogP contribution in [-0.4, -0.2) is 46.1 Å². The quantitative estimate of drug-likeness (QED) is 0.860. The van der Waals surface area contributed by atoms with Crippen molar-refractivity contribution in [2.45, 2.75) is 29.7 Å². The van der Waals surface area contributed by atoms with Crippen molar-refractivity contribution < 1.29 is 13.2 Å². The summed E-state index contributed by atoms with van der Waals surface area (Å²) < 4.78 is 32.1. The van der Waals surface area contributed by atoms with E-state index in [0.717, 1.165) is 25.0 Å². The van der Waals surface area contributed by atoms with Gasteiger partial charge in [-0.2, -0.15) is 4.31 Å². The average Bonchev–Trinajstić information content (AvgIpc) is 3.00. The molecule has 1 aromatic heterocycles. The number of nitrogens with one attached hydrogen (secondary N) is 1. The van der Waals surface area contributed by atoms with Gasteiger partial charge in [0.25, 0.3) is 10.0 Å². The highest BCUT2D eigenvalue weighted by Crippen LogP contribution is 2.24. The molecule has 1 saturated heterocycles. The molecule has 0 aliphatic carbocycles. The maximum atomic E-state index is 12.4. The lowest BCUT2D eigenvalue weighted by atomic mass is 10.2. The second kappa shape index (κ2) is 6.32. The topological polar surface area (TPSA) is 58.6 Å². The highest BCUT2D eigenvalue weighted by atomic mass is 32.2. The number of hydrogen-bond donors (Lipinski definition) is 1. The van der Waals surface area contributed by atoms with Crippen molar-refractivity contribution in [1.29, 1.82) is 0 Å². The molecule has 2 rings (SSSR count). The minimum atomic E-state index is -3.38. The van der Waals surface area contributed by atoms with Gasteiger partial charge >= 0.3 is 0 Å². The summed E-state index contributed by atoms with van der Waals surface area (Å²) in [6, 6.07) is 1.74. The monoisotopic (exact) mass is 304 g/mol. The number of rotatable bonds is 6. The maximum absolute atomic E-state index is 12.4. The number of likely N-dealkylation sites (N-methyl/N-ethyl adjacent to an activating group) is 1. The number of ether oxygens (including phenoxy) is 1. The van der Waals surface area contributed by atoms with Gasteiger partial charge in [0.05, 0.1) is 6.10 Å². The smallest absolute Gasteiger partial charge is 0.252 e. The lowest BCUT2D eigenvalue weighted by Crippen LogP contribution is -2.33. The molecule has 1 atom stereocenters. The summed E-state index contributed by atoms with van der Waals surface area (Å²) in [7, 11) is 0.0823. The molecule has 1 aliphatic heterocycles. The van der Waals surface area contributed by atoms with Crippen LogP contribution >= 0.6 is 11.3 Å². The Labute approximate surface area is 118 Å². The van der Waals surface area contributed by atoms with E-state index in [9.17, 15) is 8.42 Å². The fraction of sp³-hybridized carbons (Fsp3) is 0.667. The van der Waals surface area contributed by atoms with Gasteiger partial charge in [0.2, 0.25) is 0 Å². The van der Waals surface area contributed by atoms with Gasteiger partial charge in [0.15, 0.2) is 0 Å². The summed E-state index contributed by atoms with van der Waals surface area (Å²) in [5.41, 5.74) is 0.997. The summed E-state index contributed by atoms with van der Waals surface area (Å²) >= 11 is 1.27. The summed E-state index contributed by atoms with van der Waals surface area (Å²) in [6.45, 7) is 1.85. The summed E-state index contributed by atoms with van der Waals surface area (Å²) in [5, 5.41) is 4.89. The molecule has 1 fully saturated rings. The lowest BCUT2D eigenvalue weighted by molar-refractivity contribution is 0.0979. The third-order valence-electron chi connectivity index (χ3n) is 3.16. The van der Waals surface area contributed by atoms with Crippen molar-refractivity contribution in [3.63, 3.8) is 0 Å². The molecule has 0 amide bonds. The number of nitrogens with zero attached hydrogens (tertiary/aromatic N) is 1. The Morgan fingerprint density at radius 3 is 3.00 bits per heavy atom. The Balaban J connectivity index is 2.06. The zero-order chi connectivity index (χ0) is 13.9. The largest absolute Gasteiger partial charge is 0.377 e. The first-order valence-electron chi connectivity index (χ1n) is 6.34. The number of sulfonamides is 1. The minimum Gasteiger partial charge on any atom is -0.377 e. The Morgan fingerprint density at radius 2 is 2.37 bits per heavy atom. The summed E-state index contributed by atoms with van der Waals surface area (Å²) in [4.78, 5) is 0. The van der Waals surface area contributed by atoms with Crippen LogP contribution in [0, 0.1) is 0 Å². The highest BCUT2D eigenvalue weighted by Gasteiger charge is 2.27. The summed E-state index contributed by atoms with van der Waals surface area (Å²) in [6.07, 6.45) is 2.00. The molecule has 1 N–H and O–H groups in total. The molecule has 0 spiro atoms. The zero-order valence-corrected chi connectivity index (χ0v) is 12.9. The van der Waals surface area contributed by atoms with Crippen LogP contribution in [0.2, 0.25) is 0 Å². The summed E-state index contributed by atoms with van der Waals surface area (Å²) in [5.74, 6) is 0. The van der Waals surface area contributed by atoms with Gasteiger partial charge in [-0.3, -0.25) is 0 Å². The molecule has 19 heavy (non-hydrogen) atoms. The SMILES string of the molecule is CNCc1csc(S(=O)(=O)N(C)CC2CCCO2)c1. The first-order chi connectivity index (χ1) is 9.04. The van der Waals surface area contributed by atoms with Gasteiger partial charge in [-0.1, -0.05) is 0 Å². The van der Waals surface area contributed by atoms with Gasteiger partial charge in [0.1, 0.15) is 4.21 Å². The molecule has 0 aromatic carbocycles. The van der Waals surface area contributed by atoms with Crippen molar-refractivity contribution in [3.05, 3.63) is 17.0 Å². The van der Waals surface area contributed by atoms with Crippen LogP contribution in [0.4, 0.5) is 0 Å². The van der Waals surface area contributed by atoms with Crippen LogP contribution < -0.4 is 5.32 Å². The second-order valence-electron chi connectivity index (χ2n) is 4.72. The first kappa shape index (κ1) is 14.9. The van der Waals surface area contributed by atoms with E-state index in [1.807, 2.05) is 12.4 Å². The van der Waals surface area contributed by atoms with Crippen molar-refractivity contribution in [1.82, 2.24) is 9.62 Å². The predicted octanol–water partition coefficient (Wildman–Crippen LogP) is 1.27. The molecule has 108 valence electrons. The fourth-order valence-corrected chi connectivity index (χ4v) is 4.73. The van der Waals surface area contributed by atoms with E-state index in [4.69, 9.17) is 4.74 Å². The number of hydrogen-bond acceptors (Lipinski definition) is 5. The van der Waals surface area contributed by atoms with Gasteiger partial charge in [-0.25, -0.2) is 8.42 Å². The third-order valence-corrected chi connectivity index (χ3v) is 6.45. The van der Waals surface area contributed by atoms with E-state index in [-0.39, 0.29) is 6.10 Å². The molecule has 5 nitrogen and oxygen atoms in total. The normalized spacial score (nSPS) is 20.3. The van der Waals surface area contributed by atoms with Crippen molar-refractivity contribution in [2.24, 2.45) is 0 Å². The van der Waals surface area contributed by atoms with Crippen LogP contribution in [0.25, 0.3) is 0 Å². The molecule has 1 aliphatic rings. The Kier molecular flexibility index (Phi) is 4.97. The van der Waals surface area contributed by atoms with Crippen molar-refractivity contribution in [3.8, 4) is 0 Å². The molecular formula is C12H20N2O3S2. The standard InChI is InChI=1S/C12H20N2O3S2/c1-13-7-10-6-12(18-9-10)19(15,16)14(2)8-11-4-3-5-17-11/h6,9,11,13H,3-5,7-8H2,1-2H3. The van der Waals surface area contributed by atoms with Crippen molar-refractivity contribution >= 4 is 21.4 Å². The van der Waals surface area contributed by atoms with Crippen LogP contribution in [0.15, 0.2) is 15.7 Å². The lowest BCUT2D eigenvalue weighted by Gasteiger charge is -2.19. The van der Waals surface area contributed by atoms with Crippen LogP contribution in [-0.2, 0) is 21.3 Å². The highest BCUT2D eigenvalue weighted by molar-refractivity contribution is 7.91. The minimum absolute atomic E-state index is 0.0384. The van der Waals surface area contributed by atoms with Gasteiger partial charge in [0, 0.05) is 26.7 Å². The van der Waals surface area contributed by atoms with Crippen LogP contribution in [0.5, 0.6) is 0 Å². The van der Waals surface area contributed by atoms with Gasteiger partial charge in [-0.05, 0) is 36.9 Å². The molecule has 7 heteroatoms. The molecule has 1 aromatic rings. The van der Waals surface area contributed by atoms with Crippen molar-refractivity contribution in [2.75, 3.05) is 27.2 Å². The molecule has 0 bridgehead atoms. The Hall–Kier alpha value is -0.470. The van der Waals surface area contributed by atoms with Crippen LogP contribution in [0.1, 0.15) is 18.4 Å². The van der Waals surface area contributed by atoms with Crippen LogP contribution in [0.3, 0.4) is 0 Å². The van der Waals surface area contributed by atoms with E-state index >= 15 is 0 Å². The second-order valence-corrected chi connectivity index (χ2v) is 7.91. The maximum Gasteiger partial charge on any atom is 0.252 e. The van der Waals surface area contributed by atoms with E-state index in [0.29, 0.717) is 17.3 Å². The molecular weight excluding hydrogens is 284 g/mol. The van der Waals surface area contributed by atoms with E-state index in [2.05, 4.69) is 5.32 Å².